The van der Waals surface area contributed by atoms with Crippen LogP contribution in [0.5, 0.6) is 5.75 Å². The number of ether oxygens (including phenoxy) is 1. The van der Waals surface area contributed by atoms with E-state index in [1.54, 1.807) is 7.11 Å². The van der Waals surface area contributed by atoms with Crippen LogP contribution in [0.25, 0.3) is 0 Å². The van der Waals surface area contributed by atoms with Crippen molar-refractivity contribution in [1.29, 1.82) is 0 Å². The van der Waals surface area contributed by atoms with E-state index in [4.69, 9.17) is 4.74 Å². The van der Waals surface area contributed by atoms with Crippen LogP contribution in [0.1, 0.15) is 37.6 Å². The van der Waals surface area contributed by atoms with Gasteiger partial charge in [-0.3, -0.25) is 4.98 Å². The lowest BCUT2D eigenvalue weighted by atomic mass is 9.87. The van der Waals surface area contributed by atoms with Gasteiger partial charge < -0.3 is 10.1 Å². The molecule has 0 amide bonds. The summed E-state index contributed by atoms with van der Waals surface area (Å²) in [6.07, 6.45) is 2.85. The van der Waals surface area contributed by atoms with Crippen LogP contribution in [-0.4, -0.2) is 25.2 Å². The Morgan fingerprint density at radius 2 is 1.89 bits per heavy atom. The van der Waals surface area contributed by atoms with Gasteiger partial charge in [-0.15, -0.1) is 0 Å². The molecule has 0 aliphatic heterocycles. The number of nitrogens with zero attached hydrogens (tertiary/aromatic N) is 1. The number of nitrogens with one attached hydrogen (secondary N) is 1. The Hall–Kier alpha value is -1.09. The van der Waals surface area contributed by atoms with Crippen molar-refractivity contribution in [2.75, 3.05) is 14.2 Å². The molecule has 19 heavy (non-hydrogen) atoms. The predicted octanol–water partition coefficient (Wildman–Crippen LogP) is 3.13. The van der Waals surface area contributed by atoms with Gasteiger partial charge in [-0.1, -0.05) is 20.8 Å². The molecular weight excluding hydrogens is 236 g/mol. The number of pyridine rings is 1. The highest BCUT2D eigenvalue weighted by molar-refractivity contribution is 5.41. The molecule has 1 N–H and O–H groups in total. The number of hydrogen-bond donors (Lipinski definition) is 1. The summed E-state index contributed by atoms with van der Waals surface area (Å²) in [6.45, 7) is 11.0. The zero-order valence-electron chi connectivity index (χ0n) is 13.4. The second kappa shape index (κ2) is 6.90. The van der Waals surface area contributed by atoms with Crippen LogP contribution in [0.2, 0.25) is 0 Å². The zero-order valence-corrected chi connectivity index (χ0v) is 13.4. The number of hydrogen-bond acceptors (Lipinski definition) is 3. The second-order valence-corrected chi connectivity index (χ2v) is 5.75. The third kappa shape index (κ3) is 3.69. The Bertz CT molecular complexity index is 415. The fourth-order valence-electron chi connectivity index (χ4n) is 2.50. The Labute approximate surface area is 117 Å². The van der Waals surface area contributed by atoms with Crippen LogP contribution in [0.3, 0.4) is 0 Å². The van der Waals surface area contributed by atoms with Crippen molar-refractivity contribution in [2.45, 2.75) is 47.1 Å². The minimum absolute atomic E-state index is 0.443. The van der Waals surface area contributed by atoms with Gasteiger partial charge in [0, 0.05) is 35.5 Å². The van der Waals surface area contributed by atoms with E-state index in [0.717, 1.165) is 23.4 Å². The SMILES string of the molecule is CNC(Cc1ncc(C)c(OC)c1C)C(C)C(C)C. The molecule has 3 heteroatoms. The molecule has 0 radical (unpaired) electrons. The molecule has 0 bridgehead atoms. The maximum absolute atomic E-state index is 5.48. The number of likely N-dealkylation sites (N-methyl/N-ethyl adjacent to an activating group) is 1. The van der Waals surface area contributed by atoms with Crippen molar-refractivity contribution < 1.29 is 4.74 Å². The number of aryl methyl sites for hydroxylation is 1. The van der Waals surface area contributed by atoms with Crippen LogP contribution in [0.4, 0.5) is 0 Å². The third-order valence-electron chi connectivity index (χ3n) is 4.22. The number of aromatic nitrogens is 1. The van der Waals surface area contributed by atoms with Gasteiger partial charge in [-0.25, -0.2) is 0 Å². The molecule has 0 aliphatic rings. The summed E-state index contributed by atoms with van der Waals surface area (Å²) in [5.41, 5.74) is 3.40. The first-order valence-electron chi connectivity index (χ1n) is 7.08. The van der Waals surface area contributed by atoms with Gasteiger partial charge >= 0.3 is 0 Å². The van der Waals surface area contributed by atoms with Crippen molar-refractivity contribution >= 4 is 0 Å². The molecule has 1 rings (SSSR count). The van der Waals surface area contributed by atoms with Gasteiger partial charge in [0.2, 0.25) is 0 Å². The lowest BCUT2D eigenvalue weighted by Gasteiger charge is -2.27. The lowest BCUT2D eigenvalue weighted by molar-refractivity contribution is 0.307. The fraction of sp³-hybridized carbons (Fsp3) is 0.688. The van der Waals surface area contributed by atoms with Gasteiger partial charge in [0.05, 0.1) is 7.11 Å². The molecule has 0 aliphatic carbocycles. The van der Waals surface area contributed by atoms with Crippen molar-refractivity contribution in [3.63, 3.8) is 0 Å². The monoisotopic (exact) mass is 264 g/mol. The van der Waals surface area contributed by atoms with Crippen LogP contribution in [0.15, 0.2) is 6.20 Å². The van der Waals surface area contributed by atoms with E-state index in [0.29, 0.717) is 17.9 Å². The number of methoxy groups -OCH3 is 1. The standard InChI is InChI=1S/C16H28N2O/c1-10(2)12(4)14(17-6)8-15-13(5)16(19-7)11(3)9-18-15/h9-10,12,14,17H,8H2,1-7H3. The van der Waals surface area contributed by atoms with E-state index in [2.05, 4.69) is 38.0 Å². The molecular formula is C16H28N2O. The highest BCUT2D eigenvalue weighted by Gasteiger charge is 2.21. The van der Waals surface area contributed by atoms with Crippen LogP contribution < -0.4 is 10.1 Å². The molecule has 2 unspecified atom stereocenters. The Kier molecular flexibility index (Phi) is 5.80. The minimum Gasteiger partial charge on any atom is -0.496 e. The average Bonchev–Trinajstić information content (AvgIpc) is 2.38. The summed E-state index contributed by atoms with van der Waals surface area (Å²) in [7, 11) is 3.76. The maximum Gasteiger partial charge on any atom is 0.128 e. The average molecular weight is 264 g/mol. The van der Waals surface area contributed by atoms with E-state index < -0.39 is 0 Å². The molecule has 2 atom stereocenters. The predicted molar refractivity (Wildman–Crippen MR) is 80.8 cm³/mol. The van der Waals surface area contributed by atoms with Crippen molar-refractivity contribution in [2.24, 2.45) is 11.8 Å². The summed E-state index contributed by atoms with van der Waals surface area (Å²) in [5.74, 6) is 2.24. The normalized spacial score (nSPS) is 14.5. The number of rotatable bonds is 6. The van der Waals surface area contributed by atoms with E-state index in [1.165, 1.54) is 5.56 Å². The molecule has 1 heterocycles. The smallest absolute Gasteiger partial charge is 0.128 e. The lowest BCUT2D eigenvalue weighted by Crippen LogP contribution is -2.37. The minimum atomic E-state index is 0.443. The largest absolute Gasteiger partial charge is 0.496 e. The van der Waals surface area contributed by atoms with E-state index in [-0.39, 0.29) is 0 Å². The maximum atomic E-state index is 5.48. The zero-order chi connectivity index (χ0) is 14.6. The highest BCUT2D eigenvalue weighted by Crippen LogP contribution is 2.26. The van der Waals surface area contributed by atoms with E-state index >= 15 is 0 Å². The van der Waals surface area contributed by atoms with Gasteiger partial charge in [0.25, 0.3) is 0 Å². The molecule has 3 nitrogen and oxygen atoms in total. The molecule has 0 aromatic carbocycles. The van der Waals surface area contributed by atoms with E-state index in [1.807, 2.05) is 20.2 Å². The third-order valence-corrected chi connectivity index (χ3v) is 4.22. The molecule has 0 saturated carbocycles. The van der Waals surface area contributed by atoms with Crippen molar-refractivity contribution in [3.05, 3.63) is 23.0 Å². The van der Waals surface area contributed by atoms with Gasteiger partial charge in [0.15, 0.2) is 0 Å². The molecule has 0 fully saturated rings. The van der Waals surface area contributed by atoms with Crippen LogP contribution in [0, 0.1) is 25.7 Å². The van der Waals surface area contributed by atoms with Crippen molar-refractivity contribution in [3.8, 4) is 5.75 Å². The van der Waals surface area contributed by atoms with Gasteiger partial charge in [0.1, 0.15) is 5.75 Å². The fourth-order valence-corrected chi connectivity index (χ4v) is 2.50. The molecule has 1 aromatic rings. The molecule has 108 valence electrons. The quantitative estimate of drug-likeness (QED) is 0.857. The molecule has 0 spiro atoms. The summed E-state index contributed by atoms with van der Waals surface area (Å²) in [6, 6.07) is 0.443. The van der Waals surface area contributed by atoms with Crippen molar-refractivity contribution in [1.82, 2.24) is 10.3 Å². The summed E-state index contributed by atoms with van der Waals surface area (Å²) in [4.78, 5) is 4.60. The molecule has 0 saturated heterocycles. The summed E-state index contributed by atoms with van der Waals surface area (Å²) in [5, 5.41) is 3.43. The first kappa shape index (κ1) is 16.0. The topological polar surface area (TPSA) is 34.2 Å². The highest BCUT2D eigenvalue weighted by atomic mass is 16.5. The Balaban J connectivity index is 2.98. The summed E-state index contributed by atoms with van der Waals surface area (Å²) < 4.78 is 5.48. The second-order valence-electron chi connectivity index (χ2n) is 5.75. The Morgan fingerprint density at radius 3 is 2.37 bits per heavy atom. The van der Waals surface area contributed by atoms with Gasteiger partial charge in [-0.2, -0.15) is 0 Å². The van der Waals surface area contributed by atoms with Crippen LogP contribution >= 0.6 is 0 Å². The molecule has 1 aromatic heterocycles. The van der Waals surface area contributed by atoms with Crippen LogP contribution in [-0.2, 0) is 6.42 Å². The van der Waals surface area contributed by atoms with Gasteiger partial charge in [-0.05, 0) is 32.7 Å². The first-order valence-corrected chi connectivity index (χ1v) is 7.08. The first-order chi connectivity index (χ1) is 8.92. The Morgan fingerprint density at radius 1 is 1.26 bits per heavy atom. The van der Waals surface area contributed by atoms with E-state index in [9.17, 15) is 0 Å². The summed E-state index contributed by atoms with van der Waals surface area (Å²) >= 11 is 0.